The summed E-state index contributed by atoms with van der Waals surface area (Å²) >= 11 is 0. The van der Waals surface area contributed by atoms with Gasteiger partial charge in [0.1, 0.15) is 6.61 Å². The van der Waals surface area contributed by atoms with Gasteiger partial charge in [-0.1, -0.05) is 37.3 Å². The van der Waals surface area contributed by atoms with Crippen LogP contribution in [0.3, 0.4) is 0 Å². The van der Waals surface area contributed by atoms with Crippen molar-refractivity contribution in [3.8, 4) is 0 Å². The van der Waals surface area contributed by atoms with E-state index in [0.29, 0.717) is 13.0 Å². The Kier molecular flexibility index (Phi) is 5.49. The monoisotopic (exact) mass is 237 g/mol. The summed E-state index contributed by atoms with van der Waals surface area (Å²) in [5.74, 6) is 0. The maximum atomic E-state index is 11.6. The summed E-state index contributed by atoms with van der Waals surface area (Å²) < 4.78 is 5.11. The Bertz CT molecular complexity index is 340. The number of carbonyl (C=O) groups excluding carboxylic acids is 1. The van der Waals surface area contributed by atoms with Gasteiger partial charge >= 0.3 is 6.09 Å². The van der Waals surface area contributed by atoms with E-state index in [0.717, 1.165) is 5.56 Å². The van der Waals surface area contributed by atoms with Gasteiger partial charge < -0.3 is 14.7 Å². The van der Waals surface area contributed by atoms with Gasteiger partial charge in [0.05, 0.1) is 6.10 Å². The van der Waals surface area contributed by atoms with Gasteiger partial charge in [0, 0.05) is 13.6 Å². The van der Waals surface area contributed by atoms with Crippen LogP contribution in [0.2, 0.25) is 0 Å². The number of hydrogen-bond acceptors (Lipinski definition) is 3. The molecule has 1 N–H and O–H groups in total. The van der Waals surface area contributed by atoms with Crippen molar-refractivity contribution < 1.29 is 14.6 Å². The molecule has 0 radical (unpaired) electrons. The van der Waals surface area contributed by atoms with Crippen molar-refractivity contribution in [2.24, 2.45) is 0 Å². The van der Waals surface area contributed by atoms with Gasteiger partial charge in [-0.15, -0.1) is 0 Å². The van der Waals surface area contributed by atoms with Crippen LogP contribution in [-0.2, 0) is 11.3 Å². The molecule has 1 atom stereocenters. The molecule has 0 aliphatic heterocycles. The Morgan fingerprint density at radius 3 is 2.65 bits per heavy atom. The van der Waals surface area contributed by atoms with Gasteiger partial charge in [0.2, 0.25) is 0 Å². The van der Waals surface area contributed by atoms with Crippen LogP contribution in [0.1, 0.15) is 18.9 Å². The molecule has 0 aromatic heterocycles. The first-order valence-corrected chi connectivity index (χ1v) is 5.73. The average Bonchev–Trinajstić information content (AvgIpc) is 2.36. The minimum Gasteiger partial charge on any atom is -0.445 e. The van der Waals surface area contributed by atoms with E-state index >= 15 is 0 Å². The molecule has 0 fully saturated rings. The summed E-state index contributed by atoms with van der Waals surface area (Å²) in [6.45, 7) is 2.42. The second kappa shape index (κ2) is 6.91. The van der Waals surface area contributed by atoms with Crippen molar-refractivity contribution in [2.75, 3.05) is 13.6 Å². The van der Waals surface area contributed by atoms with Gasteiger partial charge in [0.25, 0.3) is 0 Å². The lowest BCUT2D eigenvalue weighted by Crippen LogP contribution is -2.34. The lowest BCUT2D eigenvalue weighted by atomic mass is 10.2. The molecule has 4 nitrogen and oxygen atoms in total. The SMILES string of the molecule is CC[C@@H](O)CN(C)C(=O)OCc1ccccc1. The first-order valence-electron chi connectivity index (χ1n) is 5.73. The minimum absolute atomic E-state index is 0.256. The minimum atomic E-state index is -0.496. The van der Waals surface area contributed by atoms with Crippen LogP contribution in [0.25, 0.3) is 0 Å². The molecule has 0 saturated heterocycles. The lowest BCUT2D eigenvalue weighted by Gasteiger charge is -2.19. The van der Waals surface area contributed by atoms with Crippen molar-refractivity contribution in [1.82, 2.24) is 4.90 Å². The van der Waals surface area contributed by atoms with Crippen molar-refractivity contribution in [1.29, 1.82) is 0 Å². The van der Waals surface area contributed by atoms with Gasteiger partial charge in [-0.2, -0.15) is 0 Å². The number of amides is 1. The highest BCUT2D eigenvalue weighted by Gasteiger charge is 2.13. The molecule has 0 aliphatic rings. The smallest absolute Gasteiger partial charge is 0.409 e. The van der Waals surface area contributed by atoms with Crippen molar-refractivity contribution in [3.63, 3.8) is 0 Å². The quantitative estimate of drug-likeness (QED) is 0.852. The Balaban J connectivity index is 2.34. The van der Waals surface area contributed by atoms with Gasteiger partial charge in [-0.05, 0) is 12.0 Å². The number of aliphatic hydroxyl groups is 1. The zero-order chi connectivity index (χ0) is 12.7. The molecule has 0 spiro atoms. The molecule has 1 aromatic carbocycles. The van der Waals surface area contributed by atoms with E-state index in [9.17, 15) is 9.90 Å². The molecular weight excluding hydrogens is 218 g/mol. The number of likely N-dealkylation sites (N-methyl/N-ethyl adjacent to an activating group) is 1. The fourth-order valence-electron chi connectivity index (χ4n) is 1.35. The van der Waals surface area contributed by atoms with Crippen molar-refractivity contribution in [2.45, 2.75) is 26.1 Å². The summed E-state index contributed by atoms with van der Waals surface area (Å²) in [7, 11) is 1.62. The summed E-state index contributed by atoms with van der Waals surface area (Å²) in [6.07, 6.45) is -0.290. The number of hydrogen-bond donors (Lipinski definition) is 1. The van der Waals surface area contributed by atoms with E-state index in [2.05, 4.69) is 0 Å². The third-order valence-corrected chi connectivity index (χ3v) is 2.47. The van der Waals surface area contributed by atoms with Crippen LogP contribution >= 0.6 is 0 Å². The van der Waals surface area contributed by atoms with Gasteiger partial charge in [-0.3, -0.25) is 0 Å². The molecule has 4 heteroatoms. The molecule has 17 heavy (non-hydrogen) atoms. The average molecular weight is 237 g/mol. The standard InChI is InChI=1S/C13H19NO3/c1-3-12(15)9-14(2)13(16)17-10-11-7-5-4-6-8-11/h4-8,12,15H,3,9-10H2,1-2H3/t12-/m1/s1. The largest absolute Gasteiger partial charge is 0.445 e. The molecule has 1 amide bonds. The highest BCUT2D eigenvalue weighted by molar-refractivity contribution is 5.67. The summed E-state index contributed by atoms with van der Waals surface area (Å²) in [4.78, 5) is 12.9. The maximum Gasteiger partial charge on any atom is 0.409 e. The first kappa shape index (κ1) is 13.5. The molecule has 0 unspecified atom stereocenters. The molecule has 0 bridgehead atoms. The number of aliphatic hydroxyl groups excluding tert-OH is 1. The molecule has 1 rings (SSSR count). The third-order valence-electron chi connectivity index (χ3n) is 2.47. The van der Waals surface area contributed by atoms with Gasteiger partial charge in [0.15, 0.2) is 0 Å². The summed E-state index contributed by atoms with van der Waals surface area (Å²) in [5, 5.41) is 9.41. The third kappa shape index (κ3) is 4.87. The summed E-state index contributed by atoms with van der Waals surface area (Å²) in [5.41, 5.74) is 0.949. The molecular formula is C13H19NO3. The Morgan fingerprint density at radius 2 is 2.06 bits per heavy atom. The summed E-state index contributed by atoms with van der Waals surface area (Å²) in [6, 6.07) is 9.50. The molecule has 1 aromatic rings. The number of benzene rings is 1. The van der Waals surface area contributed by atoms with Crippen LogP contribution in [-0.4, -0.2) is 35.8 Å². The number of carbonyl (C=O) groups is 1. The van der Waals surface area contributed by atoms with Crippen LogP contribution in [0.4, 0.5) is 4.79 Å². The van der Waals surface area contributed by atoms with E-state index in [-0.39, 0.29) is 6.61 Å². The van der Waals surface area contributed by atoms with Crippen LogP contribution in [0.5, 0.6) is 0 Å². The zero-order valence-electron chi connectivity index (χ0n) is 10.3. The predicted octanol–water partition coefficient (Wildman–Crippen LogP) is 2.03. The Labute approximate surface area is 102 Å². The number of ether oxygens (including phenoxy) is 1. The highest BCUT2D eigenvalue weighted by Crippen LogP contribution is 2.03. The second-order valence-corrected chi connectivity index (χ2v) is 3.98. The molecule has 94 valence electrons. The molecule has 0 heterocycles. The van der Waals surface area contributed by atoms with E-state index in [1.54, 1.807) is 7.05 Å². The highest BCUT2D eigenvalue weighted by atomic mass is 16.6. The normalized spacial score (nSPS) is 11.9. The number of nitrogens with zero attached hydrogens (tertiary/aromatic N) is 1. The first-order chi connectivity index (χ1) is 8.13. The van der Waals surface area contributed by atoms with Crippen LogP contribution in [0.15, 0.2) is 30.3 Å². The van der Waals surface area contributed by atoms with E-state index < -0.39 is 12.2 Å². The lowest BCUT2D eigenvalue weighted by molar-refractivity contribution is 0.0777. The molecule has 0 saturated carbocycles. The Morgan fingerprint density at radius 1 is 1.41 bits per heavy atom. The Hall–Kier alpha value is -1.55. The second-order valence-electron chi connectivity index (χ2n) is 3.98. The molecule has 0 aliphatic carbocycles. The van der Waals surface area contributed by atoms with Crippen molar-refractivity contribution >= 4 is 6.09 Å². The van der Waals surface area contributed by atoms with E-state index in [1.165, 1.54) is 4.90 Å². The van der Waals surface area contributed by atoms with Crippen LogP contribution < -0.4 is 0 Å². The fourth-order valence-corrected chi connectivity index (χ4v) is 1.35. The topological polar surface area (TPSA) is 49.8 Å². The van der Waals surface area contributed by atoms with E-state index in [1.807, 2.05) is 37.3 Å². The van der Waals surface area contributed by atoms with Gasteiger partial charge in [-0.25, -0.2) is 4.79 Å². The van der Waals surface area contributed by atoms with E-state index in [4.69, 9.17) is 4.74 Å². The van der Waals surface area contributed by atoms with Crippen LogP contribution in [0, 0.1) is 0 Å². The zero-order valence-corrected chi connectivity index (χ0v) is 10.3. The maximum absolute atomic E-state index is 11.6. The number of rotatable bonds is 5. The fraction of sp³-hybridized carbons (Fsp3) is 0.462. The predicted molar refractivity (Wildman–Crippen MR) is 65.6 cm³/mol. The van der Waals surface area contributed by atoms with Crippen molar-refractivity contribution in [3.05, 3.63) is 35.9 Å².